The first-order chi connectivity index (χ1) is 7.68. The second-order valence-electron chi connectivity index (χ2n) is 4.01. The fourth-order valence-corrected chi connectivity index (χ4v) is 2.49. The molecule has 6 heteroatoms. The van der Waals surface area contributed by atoms with Crippen molar-refractivity contribution in [3.05, 3.63) is 20.3 Å². The van der Waals surface area contributed by atoms with Gasteiger partial charge in [0.25, 0.3) is 5.56 Å². The first kappa shape index (κ1) is 11.8. The number of aromatic nitrogens is 2. The Morgan fingerprint density at radius 1 is 1.38 bits per heavy atom. The number of aromatic amines is 1. The van der Waals surface area contributed by atoms with E-state index in [1.54, 1.807) is 0 Å². The van der Waals surface area contributed by atoms with Crippen molar-refractivity contribution in [2.75, 3.05) is 38.1 Å². The van der Waals surface area contributed by atoms with Gasteiger partial charge in [-0.25, -0.2) is 4.98 Å². The summed E-state index contributed by atoms with van der Waals surface area (Å²) >= 11 is 2.06. The van der Waals surface area contributed by atoms with Gasteiger partial charge >= 0.3 is 0 Å². The van der Waals surface area contributed by atoms with Crippen LogP contribution < -0.4 is 10.5 Å². The van der Waals surface area contributed by atoms with Crippen LogP contribution >= 0.6 is 22.6 Å². The lowest BCUT2D eigenvalue weighted by Gasteiger charge is -2.21. The number of halogens is 1. The topological polar surface area (TPSA) is 52.2 Å². The summed E-state index contributed by atoms with van der Waals surface area (Å²) < 4.78 is 0.685. The van der Waals surface area contributed by atoms with Crippen molar-refractivity contribution >= 4 is 28.4 Å². The molecule has 0 aromatic carbocycles. The summed E-state index contributed by atoms with van der Waals surface area (Å²) in [7, 11) is 2.12. The predicted molar refractivity (Wildman–Crippen MR) is 71.9 cm³/mol. The molecule has 1 aromatic heterocycles. The van der Waals surface area contributed by atoms with E-state index in [-0.39, 0.29) is 5.56 Å². The van der Waals surface area contributed by atoms with E-state index in [0.29, 0.717) is 3.57 Å². The maximum absolute atomic E-state index is 11.5. The van der Waals surface area contributed by atoms with Crippen molar-refractivity contribution in [2.24, 2.45) is 0 Å². The molecule has 0 bridgehead atoms. The zero-order valence-electron chi connectivity index (χ0n) is 9.24. The number of H-pyrrole nitrogens is 1. The molecule has 5 nitrogen and oxygen atoms in total. The zero-order chi connectivity index (χ0) is 11.5. The van der Waals surface area contributed by atoms with Gasteiger partial charge in [-0.2, -0.15) is 0 Å². The fourth-order valence-electron chi connectivity index (χ4n) is 1.85. The van der Waals surface area contributed by atoms with Gasteiger partial charge in [0.2, 0.25) is 0 Å². The lowest BCUT2D eigenvalue weighted by molar-refractivity contribution is 0.360. The first-order valence-corrected chi connectivity index (χ1v) is 6.43. The average molecular weight is 334 g/mol. The van der Waals surface area contributed by atoms with Crippen LogP contribution in [0.5, 0.6) is 0 Å². The predicted octanol–water partition coefficient (Wildman–Crippen LogP) is 0.516. The minimum atomic E-state index is -0.0526. The number of hydrogen-bond acceptors (Lipinski definition) is 4. The van der Waals surface area contributed by atoms with Gasteiger partial charge in [-0.15, -0.1) is 0 Å². The molecule has 1 saturated heterocycles. The zero-order valence-corrected chi connectivity index (χ0v) is 11.4. The molecule has 2 heterocycles. The van der Waals surface area contributed by atoms with Gasteiger partial charge in [-0.05, 0) is 42.6 Å². The molecular weight excluding hydrogens is 319 g/mol. The van der Waals surface area contributed by atoms with E-state index >= 15 is 0 Å². The van der Waals surface area contributed by atoms with E-state index in [1.165, 1.54) is 6.33 Å². The summed E-state index contributed by atoms with van der Waals surface area (Å²) in [4.78, 5) is 22.9. The van der Waals surface area contributed by atoms with E-state index < -0.39 is 0 Å². The van der Waals surface area contributed by atoms with Crippen LogP contribution in [0.3, 0.4) is 0 Å². The maximum Gasteiger partial charge on any atom is 0.266 e. The van der Waals surface area contributed by atoms with Crippen LogP contribution in [0.1, 0.15) is 6.42 Å². The van der Waals surface area contributed by atoms with Crippen molar-refractivity contribution in [3.8, 4) is 0 Å². The molecule has 88 valence electrons. The Hall–Kier alpha value is -0.630. The first-order valence-electron chi connectivity index (χ1n) is 5.35. The normalized spacial score (nSPS) is 18.5. The lowest BCUT2D eigenvalue weighted by Crippen LogP contribution is -2.31. The highest BCUT2D eigenvalue weighted by Crippen LogP contribution is 2.16. The third-order valence-corrected chi connectivity index (χ3v) is 3.77. The molecule has 0 saturated carbocycles. The Balaban J connectivity index is 2.23. The summed E-state index contributed by atoms with van der Waals surface area (Å²) in [5.41, 5.74) is -0.0526. The molecule has 0 amide bonds. The number of anilines is 1. The molecule has 1 aliphatic rings. The monoisotopic (exact) mass is 334 g/mol. The standard InChI is InChI=1S/C10H15IN4O/c1-14-3-2-4-15(6-5-14)9-8(11)10(16)13-7-12-9/h7H,2-6H2,1H3,(H,12,13,16). The highest BCUT2D eigenvalue weighted by Gasteiger charge is 2.17. The molecule has 1 fully saturated rings. The summed E-state index contributed by atoms with van der Waals surface area (Å²) in [6.07, 6.45) is 2.59. The van der Waals surface area contributed by atoms with E-state index in [0.717, 1.165) is 38.4 Å². The van der Waals surface area contributed by atoms with Crippen LogP contribution in [0, 0.1) is 3.57 Å². The highest BCUT2D eigenvalue weighted by atomic mass is 127. The van der Waals surface area contributed by atoms with Crippen molar-refractivity contribution in [3.63, 3.8) is 0 Å². The second-order valence-corrected chi connectivity index (χ2v) is 5.09. The van der Waals surface area contributed by atoms with Gasteiger partial charge in [-0.3, -0.25) is 4.79 Å². The molecule has 0 spiro atoms. The van der Waals surface area contributed by atoms with Crippen LogP contribution in [-0.2, 0) is 0 Å². The van der Waals surface area contributed by atoms with E-state index in [1.807, 2.05) is 0 Å². The van der Waals surface area contributed by atoms with E-state index in [2.05, 4.69) is 49.4 Å². The van der Waals surface area contributed by atoms with Crippen molar-refractivity contribution in [1.82, 2.24) is 14.9 Å². The van der Waals surface area contributed by atoms with Crippen LogP contribution in [0.4, 0.5) is 5.82 Å². The third-order valence-electron chi connectivity index (χ3n) is 2.80. The molecule has 16 heavy (non-hydrogen) atoms. The van der Waals surface area contributed by atoms with Gasteiger partial charge in [0.05, 0.1) is 6.33 Å². The quantitative estimate of drug-likeness (QED) is 0.761. The molecule has 0 aliphatic carbocycles. The van der Waals surface area contributed by atoms with Crippen LogP contribution in [0.25, 0.3) is 0 Å². The van der Waals surface area contributed by atoms with Crippen molar-refractivity contribution in [1.29, 1.82) is 0 Å². The number of likely N-dealkylation sites (N-methyl/N-ethyl adjacent to an activating group) is 1. The molecule has 1 aliphatic heterocycles. The second kappa shape index (κ2) is 5.13. The Labute approximate surface area is 108 Å². The summed E-state index contributed by atoms with van der Waals surface area (Å²) in [6, 6.07) is 0. The number of nitrogens with zero attached hydrogens (tertiary/aromatic N) is 3. The largest absolute Gasteiger partial charge is 0.354 e. The minimum absolute atomic E-state index is 0.0526. The molecule has 0 unspecified atom stereocenters. The van der Waals surface area contributed by atoms with E-state index in [9.17, 15) is 4.79 Å². The molecule has 1 aromatic rings. The van der Waals surface area contributed by atoms with E-state index in [4.69, 9.17) is 0 Å². The minimum Gasteiger partial charge on any atom is -0.354 e. The van der Waals surface area contributed by atoms with Crippen molar-refractivity contribution in [2.45, 2.75) is 6.42 Å². The maximum atomic E-state index is 11.5. The van der Waals surface area contributed by atoms with Crippen LogP contribution in [-0.4, -0.2) is 48.1 Å². The van der Waals surface area contributed by atoms with Gasteiger partial charge in [-0.1, -0.05) is 0 Å². The molecular formula is C10H15IN4O. The lowest BCUT2D eigenvalue weighted by atomic mass is 10.4. The molecule has 2 rings (SSSR count). The summed E-state index contributed by atoms with van der Waals surface area (Å²) in [5, 5.41) is 0. The molecule has 0 atom stereocenters. The Bertz CT molecular complexity index is 420. The van der Waals surface area contributed by atoms with Crippen molar-refractivity contribution < 1.29 is 0 Å². The number of hydrogen-bond donors (Lipinski definition) is 1. The van der Waals surface area contributed by atoms with Gasteiger partial charge in [0, 0.05) is 19.6 Å². The Morgan fingerprint density at radius 3 is 3.00 bits per heavy atom. The van der Waals surface area contributed by atoms with Gasteiger partial charge in [0.1, 0.15) is 9.39 Å². The van der Waals surface area contributed by atoms with Crippen LogP contribution in [0.15, 0.2) is 11.1 Å². The smallest absolute Gasteiger partial charge is 0.266 e. The molecule has 0 radical (unpaired) electrons. The summed E-state index contributed by atoms with van der Waals surface area (Å²) in [6.45, 7) is 4.03. The third kappa shape index (κ3) is 2.54. The number of rotatable bonds is 1. The van der Waals surface area contributed by atoms with Crippen LogP contribution in [0.2, 0.25) is 0 Å². The summed E-state index contributed by atoms with van der Waals surface area (Å²) in [5.74, 6) is 0.819. The SMILES string of the molecule is CN1CCCN(c2nc[nH]c(=O)c2I)CC1. The Kier molecular flexibility index (Phi) is 3.80. The highest BCUT2D eigenvalue weighted by molar-refractivity contribution is 14.1. The number of nitrogens with one attached hydrogen (secondary N) is 1. The van der Waals surface area contributed by atoms with Gasteiger partial charge < -0.3 is 14.8 Å². The fraction of sp³-hybridized carbons (Fsp3) is 0.600. The van der Waals surface area contributed by atoms with Gasteiger partial charge in [0.15, 0.2) is 0 Å². The average Bonchev–Trinajstić information content (AvgIpc) is 2.47. The molecule has 1 N–H and O–H groups in total. The Morgan fingerprint density at radius 2 is 2.19 bits per heavy atom.